The number of hydrogen-bond acceptors (Lipinski definition) is 10. The van der Waals surface area contributed by atoms with Crippen molar-refractivity contribution in [2.45, 2.75) is 11.8 Å². The number of phenolic OH excluding ortho intramolecular Hbond substituents is 1. The van der Waals surface area contributed by atoms with Gasteiger partial charge in [0.2, 0.25) is 11.6 Å². The monoisotopic (exact) mass is 495 g/mol. The Morgan fingerprint density at radius 1 is 0.943 bits per heavy atom. The highest BCUT2D eigenvalue weighted by Gasteiger charge is 2.25. The number of anilines is 1. The number of aromatic hydroxyl groups is 1. The van der Waals surface area contributed by atoms with E-state index < -0.39 is 10.0 Å². The minimum atomic E-state index is -4.12. The van der Waals surface area contributed by atoms with Crippen molar-refractivity contribution < 1.29 is 28.1 Å². The normalized spacial score (nSPS) is 11.1. The molecule has 0 fully saturated rings. The fraction of sp³-hybridized carbons (Fsp3) is 0.130. The molecule has 0 aliphatic heterocycles. The molecule has 12 heteroatoms. The summed E-state index contributed by atoms with van der Waals surface area (Å²) < 4.78 is 40.1. The quantitative estimate of drug-likeness (QED) is 0.315. The van der Waals surface area contributed by atoms with Gasteiger partial charge in [0.05, 0.1) is 11.5 Å². The Morgan fingerprint density at radius 3 is 2.34 bits per heavy atom. The molecule has 0 saturated heterocycles. The Hall–Kier alpha value is -4.29. The van der Waals surface area contributed by atoms with Crippen LogP contribution < -0.4 is 14.2 Å². The van der Waals surface area contributed by atoms with Crippen molar-refractivity contribution in [1.82, 2.24) is 19.9 Å². The average Bonchev–Trinajstić information content (AvgIpc) is 2.86. The van der Waals surface area contributed by atoms with E-state index in [1.54, 1.807) is 30.3 Å². The van der Waals surface area contributed by atoms with E-state index in [1.165, 1.54) is 36.7 Å². The lowest BCUT2D eigenvalue weighted by molar-refractivity contribution is 0.192. The number of nitrogens with zero attached hydrogens (tertiary/aromatic N) is 4. The van der Waals surface area contributed by atoms with Gasteiger partial charge in [-0.1, -0.05) is 29.8 Å². The fourth-order valence-electron chi connectivity index (χ4n) is 2.90. The number of aromatic nitrogens is 4. The third-order valence-electron chi connectivity index (χ3n) is 4.57. The molecule has 0 amide bonds. The SMILES string of the molecule is Cc1ccc(S(=O)(=O)Nc2nc(-c3ncccn3)nc(OCCO)c2Oc2ccccc2O)cc1. The predicted molar refractivity (Wildman–Crippen MR) is 126 cm³/mol. The summed E-state index contributed by atoms with van der Waals surface area (Å²) in [6, 6.07) is 13.9. The molecule has 2 aromatic carbocycles. The number of sulfonamides is 1. The Balaban J connectivity index is 1.87. The highest BCUT2D eigenvalue weighted by Crippen LogP contribution is 2.41. The first-order chi connectivity index (χ1) is 16.9. The third-order valence-corrected chi connectivity index (χ3v) is 5.92. The molecule has 0 aliphatic rings. The molecule has 0 spiro atoms. The lowest BCUT2D eigenvalue weighted by Crippen LogP contribution is -2.16. The molecule has 2 aromatic heterocycles. The lowest BCUT2D eigenvalue weighted by atomic mass is 10.2. The van der Waals surface area contributed by atoms with Crippen molar-refractivity contribution in [3.63, 3.8) is 0 Å². The van der Waals surface area contributed by atoms with Gasteiger partial charge in [-0.3, -0.25) is 4.72 Å². The largest absolute Gasteiger partial charge is 0.504 e. The lowest BCUT2D eigenvalue weighted by Gasteiger charge is -2.17. The van der Waals surface area contributed by atoms with Crippen LogP contribution in [0.3, 0.4) is 0 Å². The molecule has 0 saturated carbocycles. The second-order valence-corrected chi connectivity index (χ2v) is 8.85. The van der Waals surface area contributed by atoms with Crippen molar-refractivity contribution in [1.29, 1.82) is 0 Å². The van der Waals surface area contributed by atoms with E-state index in [9.17, 15) is 18.6 Å². The molecule has 0 unspecified atom stereocenters. The summed E-state index contributed by atoms with van der Waals surface area (Å²) in [4.78, 5) is 16.8. The molecule has 0 atom stereocenters. The van der Waals surface area contributed by atoms with E-state index in [-0.39, 0.29) is 58.7 Å². The summed E-state index contributed by atoms with van der Waals surface area (Å²) in [6.45, 7) is 1.32. The number of aliphatic hydroxyl groups is 1. The highest BCUT2D eigenvalue weighted by atomic mass is 32.2. The smallest absolute Gasteiger partial charge is 0.263 e. The number of phenols is 1. The molecule has 35 heavy (non-hydrogen) atoms. The van der Waals surface area contributed by atoms with Gasteiger partial charge in [0.15, 0.2) is 23.1 Å². The van der Waals surface area contributed by atoms with Crippen LogP contribution >= 0.6 is 0 Å². The number of aliphatic hydroxyl groups excluding tert-OH is 1. The van der Waals surface area contributed by atoms with Crippen molar-refractivity contribution in [3.8, 4) is 34.8 Å². The van der Waals surface area contributed by atoms with Crippen molar-refractivity contribution >= 4 is 15.8 Å². The van der Waals surface area contributed by atoms with Gasteiger partial charge < -0.3 is 19.7 Å². The Labute approximate surface area is 201 Å². The predicted octanol–water partition coefficient (Wildman–Crippen LogP) is 2.91. The minimum absolute atomic E-state index is 0.00411. The molecule has 2 heterocycles. The number of benzene rings is 2. The van der Waals surface area contributed by atoms with E-state index in [0.29, 0.717) is 0 Å². The van der Waals surface area contributed by atoms with Crippen LogP contribution in [-0.2, 0) is 10.0 Å². The van der Waals surface area contributed by atoms with Crippen molar-refractivity contribution in [3.05, 3.63) is 72.6 Å². The van der Waals surface area contributed by atoms with Gasteiger partial charge >= 0.3 is 0 Å². The Morgan fingerprint density at radius 2 is 1.66 bits per heavy atom. The molecule has 0 bridgehead atoms. The van der Waals surface area contributed by atoms with Gasteiger partial charge in [-0.15, -0.1) is 0 Å². The van der Waals surface area contributed by atoms with Gasteiger partial charge in [0, 0.05) is 12.4 Å². The standard InChI is InChI=1S/C23H21N5O6S/c1-15-7-9-16(10-8-15)35(31,32)28-20-19(34-18-6-3-2-5-17(18)30)23(33-14-13-29)27-22(26-20)21-24-11-4-12-25-21/h2-12,29-30H,13-14H2,1H3,(H,26,27,28). The van der Waals surface area contributed by atoms with Gasteiger partial charge in [-0.05, 0) is 37.3 Å². The van der Waals surface area contributed by atoms with Gasteiger partial charge in [-0.2, -0.15) is 4.98 Å². The molecular weight excluding hydrogens is 474 g/mol. The first-order valence-electron chi connectivity index (χ1n) is 10.4. The molecule has 0 radical (unpaired) electrons. The number of hydrogen-bond donors (Lipinski definition) is 3. The van der Waals surface area contributed by atoms with Crippen LogP contribution in [0.1, 0.15) is 5.56 Å². The van der Waals surface area contributed by atoms with Crippen LogP contribution in [0.5, 0.6) is 23.1 Å². The molecule has 0 aliphatic carbocycles. The molecule has 4 aromatic rings. The number of nitrogens with one attached hydrogen (secondary N) is 1. The van der Waals surface area contributed by atoms with Crippen LogP contribution in [0.2, 0.25) is 0 Å². The zero-order valence-corrected chi connectivity index (χ0v) is 19.3. The molecule has 11 nitrogen and oxygen atoms in total. The molecule has 3 N–H and O–H groups in total. The molecular formula is C23H21N5O6S. The maximum absolute atomic E-state index is 13.2. The summed E-state index contributed by atoms with van der Waals surface area (Å²) in [6.07, 6.45) is 2.95. The van der Waals surface area contributed by atoms with E-state index in [2.05, 4.69) is 24.7 Å². The maximum atomic E-state index is 13.2. The zero-order valence-electron chi connectivity index (χ0n) is 18.5. The first kappa shape index (κ1) is 23.9. The van der Waals surface area contributed by atoms with Crippen LogP contribution in [0.4, 0.5) is 5.82 Å². The van der Waals surface area contributed by atoms with Crippen LogP contribution in [0.15, 0.2) is 71.9 Å². The topological polar surface area (TPSA) is 157 Å². The number of ether oxygens (including phenoxy) is 2. The third kappa shape index (κ3) is 5.62. The summed E-state index contributed by atoms with van der Waals surface area (Å²) in [5, 5.41) is 19.5. The second kappa shape index (κ2) is 10.3. The number of aryl methyl sites for hydroxylation is 1. The van der Waals surface area contributed by atoms with E-state index in [4.69, 9.17) is 9.47 Å². The summed E-state index contributed by atoms with van der Waals surface area (Å²) in [7, 11) is -4.12. The minimum Gasteiger partial charge on any atom is -0.504 e. The fourth-order valence-corrected chi connectivity index (χ4v) is 3.91. The van der Waals surface area contributed by atoms with E-state index in [1.807, 2.05) is 6.92 Å². The van der Waals surface area contributed by atoms with Crippen molar-refractivity contribution in [2.75, 3.05) is 17.9 Å². The maximum Gasteiger partial charge on any atom is 0.263 e. The zero-order chi connectivity index (χ0) is 24.8. The second-order valence-electron chi connectivity index (χ2n) is 7.16. The Bertz CT molecular complexity index is 1420. The average molecular weight is 496 g/mol. The summed E-state index contributed by atoms with van der Waals surface area (Å²) in [5.74, 6) is -0.847. The van der Waals surface area contributed by atoms with Crippen LogP contribution in [-0.4, -0.2) is 51.8 Å². The molecule has 180 valence electrons. The van der Waals surface area contributed by atoms with Crippen LogP contribution in [0, 0.1) is 6.92 Å². The molecule has 4 rings (SSSR count). The van der Waals surface area contributed by atoms with Crippen molar-refractivity contribution in [2.24, 2.45) is 0 Å². The number of para-hydroxylation sites is 2. The Kier molecular flexibility index (Phi) is 7.03. The summed E-state index contributed by atoms with van der Waals surface area (Å²) >= 11 is 0. The van der Waals surface area contributed by atoms with E-state index in [0.717, 1.165) is 5.56 Å². The van der Waals surface area contributed by atoms with Crippen LogP contribution in [0.25, 0.3) is 11.6 Å². The first-order valence-corrected chi connectivity index (χ1v) is 11.8. The van der Waals surface area contributed by atoms with Gasteiger partial charge in [-0.25, -0.2) is 23.4 Å². The van der Waals surface area contributed by atoms with E-state index >= 15 is 0 Å². The van der Waals surface area contributed by atoms with Gasteiger partial charge in [0.1, 0.15) is 6.61 Å². The van der Waals surface area contributed by atoms with Gasteiger partial charge in [0.25, 0.3) is 15.9 Å². The highest BCUT2D eigenvalue weighted by molar-refractivity contribution is 7.92. The number of rotatable bonds is 9. The summed E-state index contributed by atoms with van der Waals surface area (Å²) in [5.41, 5.74) is 0.887.